The number of hydrogen-bond donors (Lipinski definition) is 0. The van der Waals surface area contributed by atoms with Gasteiger partial charge in [0.1, 0.15) is 9.90 Å². The molecule has 0 radical (unpaired) electrons. The molecule has 0 unspecified atom stereocenters. The highest BCUT2D eigenvalue weighted by Crippen LogP contribution is 2.29. The Kier molecular flexibility index (Phi) is 3.79. The Balaban J connectivity index is 2.95. The van der Waals surface area contributed by atoms with E-state index in [0.717, 1.165) is 11.5 Å². The molecule has 0 aliphatic rings. The highest BCUT2D eigenvalue weighted by atomic mass is 35.5. The number of carbonyl (C=O) groups is 1. The van der Waals surface area contributed by atoms with Crippen LogP contribution in [0.15, 0.2) is 0 Å². The summed E-state index contributed by atoms with van der Waals surface area (Å²) in [5, 5.41) is 0.339. The van der Waals surface area contributed by atoms with Crippen LogP contribution in [0.2, 0.25) is 10.2 Å². The summed E-state index contributed by atoms with van der Waals surface area (Å²) in [6, 6.07) is 0.102. The standard InChI is InChI=1S/C6H5Cl3N2OS/c1-11(2-7)6(12)4-3(8)5(9)10-13-4/h2H2,1H3. The molecule has 0 saturated heterocycles. The van der Waals surface area contributed by atoms with Gasteiger partial charge in [-0.25, -0.2) is 0 Å². The van der Waals surface area contributed by atoms with E-state index < -0.39 is 0 Å². The van der Waals surface area contributed by atoms with E-state index in [1.165, 1.54) is 4.90 Å². The zero-order chi connectivity index (χ0) is 10.0. The number of halogens is 3. The number of nitrogens with zero attached hydrogens (tertiary/aromatic N) is 2. The van der Waals surface area contributed by atoms with Crippen LogP contribution in [0.3, 0.4) is 0 Å². The first kappa shape index (κ1) is 11.0. The third-order valence-electron chi connectivity index (χ3n) is 1.32. The molecule has 0 spiro atoms. The molecule has 0 aliphatic heterocycles. The van der Waals surface area contributed by atoms with Crippen LogP contribution in [0.4, 0.5) is 0 Å². The Morgan fingerprint density at radius 1 is 1.62 bits per heavy atom. The fourth-order valence-corrected chi connectivity index (χ4v) is 1.93. The summed E-state index contributed by atoms with van der Waals surface area (Å²) in [6.07, 6.45) is 0. The van der Waals surface area contributed by atoms with Crippen LogP contribution in [-0.2, 0) is 0 Å². The first-order chi connectivity index (χ1) is 6.07. The largest absolute Gasteiger partial charge is 0.327 e. The predicted molar refractivity (Wildman–Crippen MR) is 54.9 cm³/mol. The topological polar surface area (TPSA) is 33.2 Å². The van der Waals surface area contributed by atoms with Crippen molar-refractivity contribution in [2.24, 2.45) is 0 Å². The van der Waals surface area contributed by atoms with Crippen molar-refractivity contribution in [2.45, 2.75) is 0 Å². The molecule has 0 aromatic carbocycles. The van der Waals surface area contributed by atoms with Crippen LogP contribution < -0.4 is 0 Å². The quantitative estimate of drug-likeness (QED) is 0.604. The summed E-state index contributed by atoms with van der Waals surface area (Å²) in [4.78, 5) is 13.1. The molecule has 0 aliphatic carbocycles. The third-order valence-corrected chi connectivity index (χ3v) is 3.46. The van der Waals surface area contributed by atoms with E-state index in [2.05, 4.69) is 4.37 Å². The molecule has 0 fully saturated rings. The molecular weight excluding hydrogens is 255 g/mol. The Labute approximate surface area is 94.4 Å². The Hall–Kier alpha value is -0.0300. The maximum atomic E-state index is 11.5. The Morgan fingerprint density at radius 3 is 2.62 bits per heavy atom. The second kappa shape index (κ2) is 4.46. The highest BCUT2D eigenvalue weighted by Gasteiger charge is 2.19. The van der Waals surface area contributed by atoms with Gasteiger partial charge in [-0.1, -0.05) is 23.2 Å². The van der Waals surface area contributed by atoms with E-state index in [-0.39, 0.29) is 22.1 Å². The fourth-order valence-electron chi connectivity index (χ4n) is 0.620. The normalized spacial score (nSPS) is 10.2. The molecule has 72 valence electrons. The minimum atomic E-state index is -0.274. The van der Waals surface area contributed by atoms with Crippen LogP contribution in [0.25, 0.3) is 0 Å². The number of alkyl halides is 1. The number of rotatable bonds is 2. The lowest BCUT2D eigenvalue weighted by molar-refractivity contribution is 0.0823. The average Bonchev–Trinajstić information content (AvgIpc) is 2.45. The molecule has 0 atom stereocenters. The van der Waals surface area contributed by atoms with E-state index in [9.17, 15) is 4.79 Å². The smallest absolute Gasteiger partial charge is 0.267 e. The van der Waals surface area contributed by atoms with Crippen LogP contribution in [-0.4, -0.2) is 28.2 Å². The molecule has 1 amide bonds. The molecule has 1 aromatic heterocycles. The third kappa shape index (κ3) is 2.26. The van der Waals surface area contributed by atoms with Crippen molar-refractivity contribution in [1.29, 1.82) is 0 Å². The summed E-state index contributed by atoms with van der Waals surface area (Å²) in [6.45, 7) is 0. The molecule has 1 heterocycles. The summed E-state index contributed by atoms with van der Waals surface area (Å²) in [5.74, 6) is -0.274. The van der Waals surface area contributed by atoms with Gasteiger partial charge in [-0.05, 0) is 11.5 Å². The van der Waals surface area contributed by atoms with Gasteiger partial charge in [0, 0.05) is 7.05 Å². The zero-order valence-electron chi connectivity index (χ0n) is 6.55. The maximum absolute atomic E-state index is 11.5. The summed E-state index contributed by atoms with van der Waals surface area (Å²) < 4.78 is 3.74. The van der Waals surface area contributed by atoms with Crippen molar-refractivity contribution in [3.8, 4) is 0 Å². The lowest BCUT2D eigenvalue weighted by Crippen LogP contribution is -2.24. The van der Waals surface area contributed by atoms with Crippen LogP contribution in [0.5, 0.6) is 0 Å². The second-order valence-electron chi connectivity index (χ2n) is 2.24. The number of aromatic nitrogens is 1. The van der Waals surface area contributed by atoms with Gasteiger partial charge in [0.05, 0.1) is 6.00 Å². The van der Waals surface area contributed by atoms with Gasteiger partial charge in [0.15, 0.2) is 5.15 Å². The molecule has 13 heavy (non-hydrogen) atoms. The maximum Gasteiger partial charge on any atom is 0.267 e. The minimum Gasteiger partial charge on any atom is -0.327 e. The lowest BCUT2D eigenvalue weighted by atomic mass is 10.4. The molecule has 0 N–H and O–H groups in total. The van der Waals surface area contributed by atoms with Gasteiger partial charge in [-0.2, -0.15) is 4.37 Å². The van der Waals surface area contributed by atoms with Gasteiger partial charge in [0.25, 0.3) is 5.91 Å². The first-order valence-corrected chi connectivity index (χ1v) is 5.26. The van der Waals surface area contributed by atoms with Crippen molar-refractivity contribution in [3.05, 3.63) is 15.1 Å². The molecule has 7 heteroatoms. The minimum absolute atomic E-state index is 0.102. The summed E-state index contributed by atoms with van der Waals surface area (Å²) >= 11 is 17.7. The molecule has 0 saturated carbocycles. The van der Waals surface area contributed by atoms with Crippen molar-refractivity contribution in [3.63, 3.8) is 0 Å². The van der Waals surface area contributed by atoms with Gasteiger partial charge in [-0.15, -0.1) is 11.6 Å². The highest BCUT2D eigenvalue weighted by molar-refractivity contribution is 7.09. The number of amides is 1. The van der Waals surface area contributed by atoms with Gasteiger partial charge in [-0.3, -0.25) is 4.79 Å². The SMILES string of the molecule is CN(CCl)C(=O)c1snc(Cl)c1Cl. The number of carbonyl (C=O) groups excluding carboxylic acids is 1. The van der Waals surface area contributed by atoms with Crippen LogP contribution in [0.1, 0.15) is 9.67 Å². The molecule has 1 rings (SSSR count). The summed E-state index contributed by atoms with van der Waals surface area (Å²) in [7, 11) is 1.57. The van der Waals surface area contributed by atoms with E-state index in [4.69, 9.17) is 34.8 Å². The first-order valence-electron chi connectivity index (χ1n) is 3.20. The average molecular weight is 260 g/mol. The monoisotopic (exact) mass is 258 g/mol. The molecule has 0 bridgehead atoms. The van der Waals surface area contributed by atoms with Crippen molar-refractivity contribution in [2.75, 3.05) is 13.1 Å². The van der Waals surface area contributed by atoms with Gasteiger partial charge >= 0.3 is 0 Å². The van der Waals surface area contributed by atoms with Crippen LogP contribution in [0, 0.1) is 0 Å². The van der Waals surface area contributed by atoms with E-state index in [0.29, 0.717) is 4.88 Å². The Morgan fingerprint density at radius 2 is 2.23 bits per heavy atom. The van der Waals surface area contributed by atoms with E-state index in [1.54, 1.807) is 7.05 Å². The fraction of sp³-hybridized carbons (Fsp3) is 0.333. The van der Waals surface area contributed by atoms with Crippen molar-refractivity contribution in [1.82, 2.24) is 9.27 Å². The van der Waals surface area contributed by atoms with E-state index >= 15 is 0 Å². The second-order valence-corrected chi connectivity index (χ2v) is 3.99. The van der Waals surface area contributed by atoms with Gasteiger partial charge in [0.2, 0.25) is 0 Å². The molecular formula is C6H5Cl3N2OS. The van der Waals surface area contributed by atoms with E-state index in [1.807, 2.05) is 0 Å². The number of hydrogen-bond acceptors (Lipinski definition) is 3. The van der Waals surface area contributed by atoms with Crippen molar-refractivity contribution < 1.29 is 4.79 Å². The zero-order valence-corrected chi connectivity index (χ0v) is 9.64. The molecule has 1 aromatic rings. The van der Waals surface area contributed by atoms with Crippen LogP contribution >= 0.6 is 46.3 Å². The predicted octanol–water partition coefficient (Wildman–Crippen LogP) is 2.72. The van der Waals surface area contributed by atoms with Gasteiger partial charge < -0.3 is 4.90 Å². The summed E-state index contributed by atoms with van der Waals surface area (Å²) in [5.41, 5.74) is 0. The Bertz CT molecular complexity index is 328. The van der Waals surface area contributed by atoms with Crippen molar-refractivity contribution >= 4 is 52.2 Å². The molecule has 3 nitrogen and oxygen atoms in total. The lowest BCUT2D eigenvalue weighted by Gasteiger charge is -2.10.